The van der Waals surface area contributed by atoms with Crippen molar-refractivity contribution in [2.24, 2.45) is 5.92 Å². The molecule has 1 fully saturated rings. The van der Waals surface area contributed by atoms with Crippen molar-refractivity contribution in [1.29, 1.82) is 0 Å². The average molecular weight is 293 g/mol. The minimum absolute atomic E-state index is 0.103. The molecule has 112 valence electrons. The number of alkyl halides is 2. The van der Waals surface area contributed by atoms with Crippen molar-refractivity contribution in [3.05, 3.63) is 30.5 Å². The van der Waals surface area contributed by atoms with Gasteiger partial charge in [0.25, 0.3) is 0 Å². The molecule has 1 atom stereocenters. The van der Waals surface area contributed by atoms with Gasteiger partial charge in [0.15, 0.2) is 0 Å². The Kier molecular flexibility index (Phi) is 3.53. The summed E-state index contributed by atoms with van der Waals surface area (Å²) in [6.45, 7) is -0.727. The number of benzene rings is 1. The van der Waals surface area contributed by atoms with Crippen LogP contribution in [0.15, 0.2) is 30.5 Å². The summed E-state index contributed by atoms with van der Waals surface area (Å²) in [5.74, 6) is 0.761. The van der Waals surface area contributed by atoms with E-state index in [1.54, 1.807) is 18.3 Å². The van der Waals surface area contributed by atoms with E-state index in [1.807, 2.05) is 4.68 Å². The lowest BCUT2D eigenvalue weighted by Crippen LogP contribution is -2.07. The molecule has 0 bridgehead atoms. The third kappa shape index (κ3) is 2.99. The van der Waals surface area contributed by atoms with Gasteiger partial charge in [0.2, 0.25) is 0 Å². The summed E-state index contributed by atoms with van der Waals surface area (Å²) in [6, 6.07) is 6.74. The molecule has 0 amide bonds. The molecule has 6 heteroatoms. The average Bonchev–Trinajstić information content (AvgIpc) is 3.20. The van der Waals surface area contributed by atoms with Crippen LogP contribution in [-0.4, -0.2) is 16.4 Å². The number of rotatable bonds is 5. The fourth-order valence-electron chi connectivity index (χ4n) is 2.45. The second-order valence-corrected chi connectivity index (χ2v) is 5.40. The van der Waals surface area contributed by atoms with Crippen molar-refractivity contribution in [2.45, 2.75) is 32.4 Å². The molecule has 0 radical (unpaired) electrons. The van der Waals surface area contributed by atoms with E-state index >= 15 is 0 Å². The third-order valence-corrected chi connectivity index (χ3v) is 3.81. The van der Waals surface area contributed by atoms with Gasteiger partial charge in [-0.15, -0.1) is 0 Å². The molecule has 1 heterocycles. The monoisotopic (exact) mass is 293 g/mol. The number of nitrogens with two attached hydrogens (primary N) is 1. The standard InChI is InChI=1S/C15H17F2N3O/c1-9(10-5-6-10)20-8-13(18)14(19-20)11-3-2-4-12(7-11)21-15(16)17/h2-4,7-10,15H,5-6,18H2,1H3. The van der Waals surface area contributed by atoms with Crippen molar-refractivity contribution in [3.8, 4) is 17.0 Å². The van der Waals surface area contributed by atoms with E-state index in [4.69, 9.17) is 5.73 Å². The van der Waals surface area contributed by atoms with Crippen LogP contribution in [0.3, 0.4) is 0 Å². The Labute approximate surface area is 121 Å². The van der Waals surface area contributed by atoms with Gasteiger partial charge in [-0.25, -0.2) is 0 Å². The highest BCUT2D eigenvalue weighted by Gasteiger charge is 2.30. The van der Waals surface area contributed by atoms with Crippen molar-refractivity contribution >= 4 is 5.69 Å². The van der Waals surface area contributed by atoms with E-state index in [9.17, 15) is 8.78 Å². The lowest BCUT2D eigenvalue weighted by molar-refractivity contribution is -0.0498. The van der Waals surface area contributed by atoms with E-state index in [-0.39, 0.29) is 5.75 Å². The van der Waals surface area contributed by atoms with Crippen LogP contribution in [0.4, 0.5) is 14.5 Å². The van der Waals surface area contributed by atoms with E-state index in [1.165, 1.54) is 25.0 Å². The molecule has 0 spiro atoms. The predicted octanol–water partition coefficient (Wildman–Crippen LogP) is 3.70. The van der Waals surface area contributed by atoms with Crippen molar-refractivity contribution in [2.75, 3.05) is 5.73 Å². The van der Waals surface area contributed by atoms with Gasteiger partial charge in [0, 0.05) is 11.8 Å². The van der Waals surface area contributed by atoms with E-state index in [0.717, 1.165) is 0 Å². The van der Waals surface area contributed by atoms with Crippen LogP contribution in [0.2, 0.25) is 0 Å². The lowest BCUT2D eigenvalue weighted by Gasteiger charge is -2.10. The van der Waals surface area contributed by atoms with Crippen LogP contribution >= 0.6 is 0 Å². The maximum atomic E-state index is 12.3. The van der Waals surface area contributed by atoms with Crippen LogP contribution in [0.25, 0.3) is 11.3 Å². The van der Waals surface area contributed by atoms with Crippen LogP contribution in [0.1, 0.15) is 25.8 Å². The number of halogens is 2. The quantitative estimate of drug-likeness (QED) is 0.914. The van der Waals surface area contributed by atoms with Crippen LogP contribution < -0.4 is 10.5 Å². The normalized spacial score (nSPS) is 16.2. The predicted molar refractivity (Wildman–Crippen MR) is 76.1 cm³/mol. The Morgan fingerprint density at radius 3 is 2.81 bits per heavy atom. The van der Waals surface area contributed by atoms with Gasteiger partial charge in [0.1, 0.15) is 11.4 Å². The summed E-state index contributed by atoms with van der Waals surface area (Å²) in [4.78, 5) is 0. The molecule has 1 saturated carbocycles. The smallest absolute Gasteiger partial charge is 0.387 e. The summed E-state index contributed by atoms with van der Waals surface area (Å²) >= 11 is 0. The van der Waals surface area contributed by atoms with Gasteiger partial charge < -0.3 is 10.5 Å². The highest BCUT2D eigenvalue weighted by Crippen LogP contribution is 2.40. The van der Waals surface area contributed by atoms with E-state index in [2.05, 4.69) is 16.8 Å². The zero-order chi connectivity index (χ0) is 15.0. The highest BCUT2D eigenvalue weighted by molar-refractivity contribution is 5.72. The van der Waals surface area contributed by atoms with Gasteiger partial charge in [-0.2, -0.15) is 13.9 Å². The Bertz CT molecular complexity index is 638. The summed E-state index contributed by atoms with van der Waals surface area (Å²) in [6.07, 6.45) is 4.24. The van der Waals surface area contributed by atoms with Crippen molar-refractivity contribution in [3.63, 3.8) is 0 Å². The minimum atomic E-state index is -2.84. The second kappa shape index (κ2) is 5.35. The maximum absolute atomic E-state index is 12.3. The summed E-state index contributed by atoms with van der Waals surface area (Å²) in [7, 11) is 0. The molecule has 2 aromatic rings. The Balaban J connectivity index is 1.89. The first-order chi connectivity index (χ1) is 10.0. The molecule has 0 aliphatic heterocycles. The number of anilines is 1. The molecule has 1 aromatic carbocycles. The second-order valence-electron chi connectivity index (χ2n) is 5.40. The number of hydrogen-bond donors (Lipinski definition) is 1. The van der Waals surface area contributed by atoms with Crippen molar-refractivity contribution < 1.29 is 13.5 Å². The molecule has 1 aliphatic rings. The van der Waals surface area contributed by atoms with Gasteiger partial charge in [0.05, 0.1) is 11.7 Å². The van der Waals surface area contributed by atoms with Crippen LogP contribution in [0.5, 0.6) is 5.75 Å². The number of nitrogens with zero attached hydrogens (tertiary/aromatic N) is 2. The fraction of sp³-hybridized carbons (Fsp3) is 0.400. The third-order valence-electron chi connectivity index (χ3n) is 3.81. The van der Waals surface area contributed by atoms with Gasteiger partial charge >= 0.3 is 6.61 Å². The molecule has 0 saturated heterocycles. The number of aromatic nitrogens is 2. The Morgan fingerprint density at radius 2 is 2.14 bits per heavy atom. The zero-order valence-corrected chi connectivity index (χ0v) is 11.7. The number of hydrogen-bond acceptors (Lipinski definition) is 3. The molecule has 3 rings (SSSR count). The van der Waals surface area contributed by atoms with Gasteiger partial charge in [-0.05, 0) is 37.8 Å². The molecule has 4 nitrogen and oxygen atoms in total. The lowest BCUT2D eigenvalue weighted by atomic mass is 10.1. The molecular formula is C15H17F2N3O. The first-order valence-corrected chi connectivity index (χ1v) is 6.94. The van der Waals surface area contributed by atoms with E-state index in [0.29, 0.717) is 28.9 Å². The summed E-state index contributed by atoms with van der Waals surface area (Å²) < 4.78 is 30.8. The molecule has 1 aromatic heterocycles. The minimum Gasteiger partial charge on any atom is -0.435 e. The largest absolute Gasteiger partial charge is 0.435 e. The molecule has 1 unspecified atom stereocenters. The topological polar surface area (TPSA) is 53.1 Å². The van der Waals surface area contributed by atoms with Crippen LogP contribution in [0, 0.1) is 5.92 Å². The SMILES string of the molecule is CC(C1CC1)n1cc(N)c(-c2cccc(OC(F)F)c2)n1. The zero-order valence-electron chi connectivity index (χ0n) is 11.7. The van der Waals surface area contributed by atoms with Gasteiger partial charge in [-0.1, -0.05) is 12.1 Å². The molecule has 2 N–H and O–H groups in total. The maximum Gasteiger partial charge on any atom is 0.387 e. The van der Waals surface area contributed by atoms with Crippen LogP contribution in [-0.2, 0) is 0 Å². The number of ether oxygens (including phenoxy) is 1. The fourth-order valence-corrected chi connectivity index (χ4v) is 2.45. The molecular weight excluding hydrogens is 276 g/mol. The summed E-state index contributed by atoms with van der Waals surface area (Å²) in [5, 5.41) is 4.51. The Hall–Kier alpha value is -2.11. The first kappa shape index (κ1) is 13.9. The van der Waals surface area contributed by atoms with Crippen molar-refractivity contribution in [1.82, 2.24) is 9.78 Å². The molecule has 1 aliphatic carbocycles. The van der Waals surface area contributed by atoms with Gasteiger partial charge in [-0.3, -0.25) is 4.68 Å². The molecule has 21 heavy (non-hydrogen) atoms. The number of nitrogen functional groups attached to an aromatic ring is 1. The first-order valence-electron chi connectivity index (χ1n) is 6.94. The highest BCUT2D eigenvalue weighted by atomic mass is 19.3. The Morgan fingerprint density at radius 1 is 1.38 bits per heavy atom. The summed E-state index contributed by atoms with van der Waals surface area (Å²) in [5.41, 5.74) is 7.82. The van der Waals surface area contributed by atoms with E-state index < -0.39 is 6.61 Å².